The number of hydrogen-bond donors (Lipinski definition) is 0. The maximum atomic E-state index is 13.0. The molecular weight excluding hydrogens is 370 g/mol. The quantitative estimate of drug-likeness (QED) is 0.574. The van der Waals surface area contributed by atoms with Crippen LogP contribution in [-0.2, 0) is 23.2 Å². The highest BCUT2D eigenvalue weighted by Gasteiger charge is 2.34. The van der Waals surface area contributed by atoms with E-state index < -0.39 is 0 Å². The van der Waals surface area contributed by atoms with Crippen molar-refractivity contribution in [2.24, 2.45) is 7.05 Å². The molecule has 2 amide bonds. The van der Waals surface area contributed by atoms with E-state index in [4.69, 9.17) is 0 Å². The Morgan fingerprint density at radius 3 is 2.46 bits per heavy atom. The molecule has 0 bridgehead atoms. The average Bonchev–Trinajstić information content (AvgIpc) is 3.46. The van der Waals surface area contributed by atoms with Crippen LogP contribution in [0.2, 0.25) is 0 Å². The maximum absolute atomic E-state index is 13.0. The minimum atomic E-state index is 0.0265. The molecule has 150 valence electrons. The lowest BCUT2D eigenvalue weighted by molar-refractivity contribution is -0.140. The number of thioether (sulfide) groups is 1. The van der Waals surface area contributed by atoms with Gasteiger partial charge in [-0.15, -0.1) is 11.8 Å². The fourth-order valence-electron chi connectivity index (χ4n) is 3.21. The Kier molecular flexibility index (Phi) is 7.20. The summed E-state index contributed by atoms with van der Waals surface area (Å²) in [5.74, 6) is 0.437. The third kappa shape index (κ3) is 5.64. The number of carbonyl (C=O) groups excluding carboxylic acids is 2. The fraction of sp³-hybridized carbons (Fsp3) is 0.455. The molecule has 1 aliphatic carbocycles. The molecule has 1 aromatic heterocycles. The monoisotopic (exact) mass is 399 g/mol. The second-order valence-electron chi connectivity index (χ2n) is 7.28. The summed E-state index contributed by atoms with van der Waals surface area (Å²) in [6.07, 6.45) is 4.96. The second kappa shape index (κ2) is 9.82. The minimum absolute atomic E-state index is 0.0265. The SMILES string of the molecule is CCCN(CC(=O)N(Cc1cccn1C)C1CC1)C(=O)CSc1ccccc1. The highest BCUT2D eigenvalue weighted by Crippen LogP contribution is 2.28. The molecule has 0 atom stereocenters. The van der Waals surface area contributed by atoms with Crippen molar-refractivity contribution in [2.45, 2.75) is 43.7 Å². The average molecular weight is 400 g/mol. The van der Waals surface area contributed by atoms with Gasteiger partial charge in [-0.1, -0.05) is 25.1 Å². The van der Waals surface area contributed by atoms with Crippen LogP contribution in [0.4, 0.5) is 0 Å². The molecule has 0 N–H and O–H groups in total. The first-order valence-corrected chi connectivity index (χ1v) is 10.9. The van der Waals surface area contributed by atoms with E-state index >= 15 is 0 Å². The standard InChI is InChI=1S/C22H29N3O2S/c1-3-13-24(22(27)17-28-20-9-5-4-6-10-20)16-21(26)25(18-11-12-18)15-19-8-7-14-23(19)2/h4-10,14,18H,3,11-13,15-17H2,1-2H3. The van der Waals surface area contributed by atoms with Gasteiger partial charge >= 0.3 is 0 Å². The van der Waals surface area contributed by atoms with Crippen LogP contribution in [0.25, 0.3) is 0 Å². The zero-order chi connectivity index (χ0) is 19.9. The summed E-state index contributed by atoms with van der Waals surface area (Å²) in [7, 11) is 2.00. The van der Waals surface area contributed by atoms with Gasteiger partial charge in [0, 0.05) is 36.4 Å². The van der Waals surface area contributed by atoms with Crippen LogP contribution in [0.5, 0.6) is 0 Å². The third-order valence-electron chi connectivity index (χ3n) is 4.97. The van der Waals surface area contributed by atoms with Crippen molar-refractivity contribution in [1.29, 1.82) is 0 Å². The number of rotatable bonds is 10. The van der Waals surface area contributed by atoms with Crippen molar-refractivity contribution in [3.05, 3.63) is 54.4 Å². The molecule has 0 aliphatic heterocycles. The Labute approximate surface area is 171 Å². The van der Waals surface area contributed by atoms with Gasteiger partial charge in [0.25, 0.3) is 0 Å². The first-order valence-electron chi connectivity index (χ1n) is 9.93. The molecule has 5 nitrogen and oxygen atoms in total. The van der Waals surface area contributed by atoms with E-state index in [0.29, 0.717) is 24.9 Å². The predicted molar refractivity (Wildman–Crippen MR) is 113 cm³/mol. The van der Waals surface area contributed by atoms with Crippen molar-refractivity contribution >= 4 is 23.6 Å². The van der Waals surface area contributed by atoms with Gasteiger partial charge in [-0.3, -0.25) is 9.59 Å². The van der Waals surface area contributed by atoms with Gasteiger partial charge in [-0.05, 0) is 43.5 Å². The zero-order valence-corrected chi connectivity index (χ0v) is 17.5. The van der Waals surface area contributed by atoms with E-state index in [9.17, 15) is 9.59 Å². The first-order chi connectivity index (χ1) is 13.6. The number of amides is 2. The van der Waals surface area contributed by atoms with E-state index in [-0.39, 0.29) is 18.4 Å². The van der Waals surface area contributed by atoms with Gasteiger partial charge < -0.3 is 14.4 Å². The van der Waals surface area contributed by atoms with Crippen LogP contribution in [0.3, 0.4) is 0 Å². The van der Waals surface area contributed by atoms with E-state index in [1.165, 1.54) is 11.8 Å². The zero-order valence-electron chi connectivity index (χ0n) is 16.7. The van der Waals surface area contributed by atoms with Crippen LogP contribution >= 0.6 is 11.8 Å². The Balaban J connectivity index is 1.60. The first kappa shape index (κ1) is 20.5. The maximum Gasteiger partial charge on any atom is 0.242 e. The van der Waals surface area contributed by atoms with Gasteiger partial charge in [0.2, 0.25) is 11.8 Å². The molecule has 0 spiro atoms. The lowest BCUT2D eigenvalue weighted by Gasteiger charge is -2.28. The molecule has 1 aromatic carbocycles. The highest BCUT2D eigenvalue weighted by molar-refractivity contribution is 8.00. The summed E-state index contributed by atoms with van der Waals surface area (Å²) in [4.78, 5) is 30.5. The largest absolute Gasteiger partial charge is 0.353 e. The molecule has 0 radical (unpaired) electrons. The lowest BCUT2D eigenvalue weighted by atomic mass is 10.3. The predicted octanol–water partition coefficient (Wildman–Crippen LogP) is 3.55. The Bertz CT molecular complexity index is 786. The smallest absolute Gasteiger partial charge is 0.242 e. The lowest BCUT2D eigenvalue weighted by Crippen LogP contribution is -2.44. The summed E-state index contributed by atoms with van der Waals surface area (Å²) < 4.78 is 2.05. The van der Waals surface area contributed by atoms with Crippen molar-refractivity contribution in [3.8, 4) is 0 Å². The van der Waals surface area contributed by atoms with Gasteiger partial charge in [0.1, 0.15) is 0 Å². The summed E-state index contributed by atoms with van der Waals surface area (Å²) in [6.45, 7) is 3.43. The van der Waals surface area contributed by atoms with Crippen LogP contribution < -0.4 is 0 Å². The molecule has 2 aromatic rings. The molecule has 3 rings (SSSR count). The van der Waals surface area contributed by atoms with Crippen LogP contribution in [0.15, 0.2) is 53.6 Å². The Hall–Kier alpha value is -2.21. The molecular formula is C22H29N3O2S. The van der Waals surface area contributed by atoms with Gasteiger partial charge in [-0.2, -0.15) is 0 Å². The Morgan fingerprint density at radius 2 is 1.86 bits per heavy atom. The molecule has 6 heteroatoms. The fourth-order valence-corrected chi connectivity index (χ4v) is 4.03. The molecule has 1 saturated carbocycles. The molecule has 0 unspecified atom stereocenters. The van der Waals surface area contributed by atoms with Gasteiger partial charge in [0.05, 0.1) is 18.8 Å². The second-order valence-corrected chi connectivity index (χ2v) is 8.33. The van der Waals surface area contributed by atoms with Crippen molar-refractivity contribution in [3.63, 3.8) is 0 Å². The molecule has 1 heterocycles. The summed E-state index contributed by atoms with van der Waals surface area (Å²) >= 11 is 1.52. The summed E-state index contributed by atoms with van der Waals surface area (Å²) in [5, 5.41) is 0. The van der Waals surface area contributed by atoms with Gasteiger partial charge in [0.15, 0.2) is 0 Å². The van der Waals surface area contributed by atoms with Crippen LogP contribution in [-0.4, -0.2) is 51.1 Å². The molecule has 1 aliphatic rings. The highest BCUT2D eigenvalue weighted by atomic mass is 32.2. The van der Waals surface area contributed by atoms with Crippen molar-refractivity contribution < 1.29 is 9.59 Å². The number of benzene rings is 1. The number of aryl methyl sites for hydroxylation is 1. The van der Waals surface area contributed by atoms with E-state index in [1.54, 1.807) is 4.90 Å². The van der Waals surface area contributed by atoms with E-state index in [0.717, 1.165) is 29.9 Å². The van der Waals surface area contributed by atoms with Gasteiger partial charge in [-0.25, -0.2) is 0 Å². The molecule has 0 saturated heterocycles. The number of hydrogen-bond acceptors (Lipinski definition) is 3. The summed E-state index contributed by atoms with van der Waals surface area (Å²) in [6, 6.07) is 14.3. The van der Waals surface area contributed by atoms with E-state index in [2.05, 4.69) is 0 Å². The topological polar surface area (TPSA) is 45.6 Å². The Morgan fingerprint density at radius 1 is 1.11 bits per heavy atom. The van der Waals surface area contributed by atoms with Crippen molar-refractivity contribution in [1.82, 2.24) is 14.4 Å². The van der Waals surface area contributed by atoms with Crippen LogP contribution in [0.1, 0.15) is 31.9 Å². The number of nitrogens with zero attached hydrogens (tertiary/aromatic N) is 3. The molecule has 1 fully saturated rings. The summed E-state index contributed by atoms with van der Waals surface area (Å²) in [5.41, 5.74) is 1.12. The minimum Gasteiger partial charge on any atom is -0.353 e. The number of carbonyl (C=O) groups is 2. The third-order valence-corrected chi connectivity index (χ3v) is 5.97. The normalized spacial score (nSPS) is 13.4. The number of aromatic nitrogens is 1. The van der Waals surface area contributed by atoms with Crippen LogP contribution in [0, 0.1) is 0 Å². The van der Waals surface area contributed by atoms with Crippen molar-refractivity contribution in [2.75, 3.05) is 18.8 Å². The van der Waals surface area contributed by atoms with E-state index in [1.807, 2.05) is 72.1 Å². The molecule has 28 heavy (non-hydrogen) atoms.